The molecule has 3 heterocycles. The second kappa shape index (κ2) is 6.41. The Morgan fingerprint density at radius 1 is 0.727 bits per heavy atom. The first-order chi connectivity index (χ1) is 10.8. The van der Waals surface area contributed by atoms with Gasteiger partial charge in [-0.15, -0.1) is 0 Å². The molecule has 1 saturated carbocycles. The van der Waals surface area contributed by atoms with Crippen LogP contribution in [0.25, 0.3) is 0 Å². The average Bonchev–Trinajstić information content (AvgIpc) is 2.58. The summed E-state index contributed by atoms with van der Waals surface area (Å²) in [6.45, 7) is 6.47. The van der Waals surface area contributed by atoms with E-state index in [1.165, 1.54) is 103 Å². The van der Waals surface area contributed by atoms with Crippen molar-refractivity contribution in [2.75, 3.05) is 32.7 Å². The van der Waals surface area contributed by atoms with Crippen molar-refractivity contribution in [3.05, 3.63) is 0 Å². The summed E-state index contributed by atoms with van der Waals surface area (Å²) in [6.07, 6.45) is 16.7. The maximum Gasteiger partial charge on any atom is 0.0597 e. The summed E-state index contributed by atoms with van der Waals surface area (Å²) >= 11 is 0. The van der Waals surface area contributed by atoms with Crippen LogP contribution in [0.2, 0.25) is 0 Å². The number of nitrogens with zero attached hydrogens (tertiary/aromatic N) is 1. The number of piperidine rings is 3. The van der Waals surface area contributed by atoms with Crippen LogP contribution in [-0.2, 0) is 0 Å². The van der Waals surface area contributed by atoms with Gasteiger partial charge in [0.25, 0.3) is 0 Å². The van der Waals surface area contributed by atoms with Crippen LogP contribution in [0.1, 0.15) is 70.6 Å². The Morgan fingerprint density at radius 3 is 2.09 bits per heavy atom. The van der Waals surface area contributed by atoms with Crippen molar-refractivity contribution in [2.24, 2.45) is 10.8 Å². The van der Waals surface area contributed by atoms with Crippen LogP contribution in [0.4, 0.5) is 0 Å². The molecule has 3 heteroatoms. The Bertz CT molecular complexity index is 313. The first-order valence-corrected chi connectivity index (χ1v) is 9.98. The minimum atomic E-state index is 0.647. The van der Waals surface area contributed by atoms with Gasteiger partial charge in [0.1, 0.15) is 0 Å². The average molecular weight is 306 g/mol. The molecule has 0 radical (unpaired) electrons. The molecular formula is C19H35N3. The van der Waals surface area contributed by atoms with Gasteiger partial charge in [-0.3, -0.25) is 4.90 Å². The van der Waals surface area contributed by atoms with Gasteiger partial charge in [-0.05, 0) is 68.7 Å². The van der Waals surface area contributed by atoms with Crippen LogP contribution in [0.5, 0.6) is 0 Å². The highest BCUT2D eigenvalue weighted by Gasteiger charge is 2.40. The maximum absolute atomic E-state index is 3.95. The first kappa shape index (κ1) is 15.4. The number of hydrogen-bond donors (Lipinski definition) is 2. The topological polar surface area (TPSA) is 27.3 Å². The molecule has 1 aliphatic carbocycles. The van der Waals surface area contributed by atoms with Crippen molar-refractivity contribution in [3.63, 3.8) is 0 Å². The van der Waals surface area contributed by atoms with Crippen molar-refractivity contribution in [1.29, 1.82) is 0 Å². The van der Waals surface area contributed by atoms with E-state index in [1.807, 2.05) is 0 Å². The molecular weight excluding hydrogens is 270 g/mol. The SMILES string of the molecule is C1CCC2(CC1)CCC(N1CCC3(CCCNC3)CC1)NC2. The van der Waals surface area contributed by atoms with E-state index in [4.69, 9.17) is 0 Å². The summed E-state index contributed by atoms with van der Waals surface area (Å²) < 4.78 is 0. The third-order valence-corrected chi connectivity index (χ3v) is 7.44. The predicted molar refractivity (Wildman–Crippen MR) is 91.9 cm³/mol. The molecule has 3 aliphatic heterocycles. The highest BCUT2D eigenvalue weighted by molar-refractivity contribution is 4.95. The van der Waals surface area contributed by atoms with Crippen molar-refractivity contribution in [2.45, 2.75) is 76.8 Å². The summed E-state index contributed by atoms with van der Waals surface area (Å²) in [6, 6.07) is 0. The second-order valence-electron chi connectivity index (χ2n) is 8.81. The van der Waals surface area contributed by atoms with Crippen LogP contribution in [0.15, 0.2) is 0 Å². The zero-order valence-corrected chi connectivity index (χ0v) is 14.3. The zero-order valence-electron chi connectivity index (χ0n) is 14.3. The summed E-state index contributed by atoms with van der Waals surface area (Å²) in [7, 11) is 0. The summed E-state index contributed by atoms with van der Waals surface area (Å²) in [4.78, 5) is 2.77. The lowest BCUT2D eigenvalue weighted by molar-refractivity contribution is 0.00846. The quantitative estimate of drug-likeness (QED) is 0.779. The molecule has 0 aromatic rings. The summed E-state index contributed by atoms with van der Waals surface area (Å²) in [5, 5.41) is 7.60. The highest BCUT2D eigenvalue weighted by Crippen LogP contribution is 2.43. The second-order valence-corrected chi connectivity index (χ2v) is 8.81. The van der Waals surface area contributed by atoms with Gasteiger partial charge < -0.3 is 10.6 Å². The number of nitrogens with one attached hydrogen (secondary N) is 2. The Balaban J connectivity index is 1.28. The molecule has 2 spiro atoms. The smallest absolute Gasteiger partial charge is 0.0597 e. The van der Waals surface area contributed by atoms with Gasteiger partial charge in [-0.2, -0.15) is 0 Å². The molecule has 4 aliphatic rings. The fraction of sp³-hybridized carbons (Fsp3) is 1.00. The van der Waals surface area contributed by atoms with Crippen LogP contribution in [-0.4, -0.2) is 43.8 Å². The Labute approximate surface area is 136 Å². The molecule has 126 valence electrons. The Morgan fingerprint density at radius 2 is 1.45 bits per heavy atom. The summed E-state index contributed by atoms with van der Waals surface area (Å²) in [5.74, 6) is 0. The third-order valence-electron chi connectivity index (χ3n) is 7.44. The van der Waals surface area contributed by atoms with E-state index in [0.717, 1.165) is 0 Å². The van der Waals surface area contributed by atoms with Crippen molar-refractivity contribution < 1.29 is 0 Å². The standard InChI is InChI=1S/C19H35N3/c1-2-6-18(7-3-1)9-5-17(21-16-18)22-13-10-19(11-14-22)8-4-12-20-15-19/h17,20-21H,1-16H2. The van der Waals surface area contributed by atoms with Gasteiger partial charge in [-0.25, -0.2) is 0 Å². The van der Waals surface area contributed by atoms with Crippen molar-refractivity contribution in [3.8, 4) is 0 Å². The van der Waals surface area contributed by atoms with Gasteiger partial charge in [0.05, 0.1) is 6.17 Å². The van der Waals surface area contributed by atoms with E-state index in [2.05, 4.69) is 15.5 Å². The van der Waals surface area contributed by atoms with Crippen LogP contribution >= 0.6 is 0 Å². The maximum atomic E-state index is 3.95. The Hall–Kier alpha value is -0.120. The summed E-state index contributed by atoms with van der Waals surface area (Å²) in [5.41, 5.74) is 1.33. The van der Waals surface area contributed by atoms with Gasteiger partial charge in [0, 0.05) is 26.2 Å². The number of likely N-dealkylation sites (tertiary alicyclic amines) is 1. The van der Waals surface area contributed by atoms with Crippen LogP contribution in [0.3, 0.4) is 0 Å². The van der Waals surface area contributed by atoms with Gasteiger partial charge in [0.15, 0.2) is 0 Å². The van der Waals surface area contributed by atoms with E-state index < -0.39 is 0 Å². The molecule has 0 bridgehead atoms. The molecule has 3 nitrogen and oxygen atoms in total. The zero-order chi connectivity index (χ0) is 14.9. The molecule has 2 N–H and O–H groups in total. The molecule has 4 fully saturated rings. The van der Waals surface area contributed by atoms with Gasteiger partial charge in [0.2, 0.25) is 0 Å². The lowest BCUT2D eigenvalue weighted by Gasteiger charge is -2.50. The predicted octanol–water partition coefficient (Wildman–Crippen LogP) is 3.11. The molecule has 0 amide bonds. The van der Waals surface area contributed by atoms with Crippen molar-refractivity contribution >= 4 is 0 Å². The molecule has 3 saturated heterocycles. The van der Waals surface area contributed by atoms with E-state index in [9.17, 15) is 0 Å². The highest BCUT2D eigenvalue weighted by atomic mass is 15.3. The molecule has 0 aromatic carbocycles. The minimum Gasteiger partial charge on any atom is -0.316 e. The molecule has 4 rings (SSSR count). The Kier molecular flexibility index (Phi) is 4.49. The molecule has 22 heavy (non-hydrogen) atoms. The third kappa shape index (κ3) is 3.09. The van der Waals surface area contributed by atoms with Crippen LogP contribution in [0, 0.1) is 10.8 Å². The minimum absolute atomic E-state index is 0.647. The lowest BCUT2D eigenvalue weighted by Crippen LogP contribution is -2.58. The fourth-order valence-electron chi connectivity index (χ4n) is 5.78. The molecule has 1 atom stereocenters. The molecule has 1 unspecified atom stereocenters. The number of rotatable bonds is 1. The fourth-order valence-corrected chi connectivity index (χ4v) is 5.78. The van der Waals surface area contributed by atoms with Crippen LogP contribution < -0.4 is 10.6 Å². The van der Waals surface area contributed by atoms with E-state index in [1.54, 1.807) is 0 Å². The normalized spacial score (nSPS) is 35.7. The van der Waals surface area contributed by atoms with E-state index in [0.29, 0.717) is 17.0 Å². The van der Waals surface area contributed by atoms with E-state index in [-0.39, 0.29) is 0 Å². The van der Waals surface area contributed by atoms with E-state index >= 15 is 0 Å². The van der Waals surface area contributed by atoms with Gasteiger partial charge in [-0.1, -0.05) is 19.3 Å². The van der Waals surface area contributed by atoms with Gasteiger partial charge >= 0.3 is 0 Å². The largest absolute Gasteiger partial charge is 0.316 e. The monoisotopic (exact) mass is 305 g/mol. The van der Waals surface area contributed by atoms with Crippen molar-refractivity contribution in [1.82, 2.24) is 15.5 Å². The lowest BCUT2D eigenvalue weighted by atomic mass is 9.69. The molecule has 0 aromatic heterocycles. The number of hydrogen-bond acceptors (Lipinski definition) is 3. The first-order valence-electron chi connectivity index (χ1n) is 9.98.